The standard InChI is InChI=1S/C15H19N5S/c1-5-12-18-13(9(2)3)14-15(19-12)20(8-16-14)10(4)11-6-17-21-7-11/h6-10H,5H2,1-4H3. The number of imidazole rings is 1. The van der Waals surface area contributed by atoms with E-state index in [0.29, 0.717) is 5.92 Å². The summed E-state index contributed by atoms with van der Waals surface area (Å²) >= 11 is 1.47. The van der Waals surface area contributed by atoms with Gasteiger partial charge in [0.15, 0.2) is 5.65 Å². The Hall–Kier alpha value is -1.82. The van der Waals surface area contributed by atoms with Crippen molar-refractivity contribution in [2.24, 2.45) is 0 Å². The molecule has 3 rings (SSSR count). The number of hydrogen-bond donors (Lipinski definition) is 0. The van der Waals surface area contributed by atoms with E-state index in [1.54, 1.807) is 0 Å². The zero-order valence-electron chi connectivity index (χ0n) is 12.7. The third-order valence-electron chi connectivity index (χ3n) is 3.71. The first-order chi connectivity index (χ1) is 10.1. The third-order valence-corrected chi connectivity index (χ3v) is 4.31. The molecular formula is C15H19N5S. The molecule has 0 aliphatic carbocycles. The highest BCUT2D eigenvalue weighted by Gasteiger charge is 2.18. The zero-order chi connectivity index (χ0) is 15.0. The lowest BCUT2D eigenvalue weighted by molar-refractivity contribution is 0.651. The monoisotopic (exact) mass is 301 g/mol. The van der Waals surface area contributed by atoms with Crippen LogP contribution in [0.2, 0.25) is 0 Å². The summed E-state index contributed by atoms with van der Waals surface area (Å²) in [5.74, 6) is 1.21. The fourth-order valence-corrected chi connectivity index (χ4v) is 3.03. The average Bonchev–Trinajstić information content (AvgIpc) is 3.14. The Morgan fingerprint density at radius 2 is 2.05 bits per heavy atom. The molecule has 0 fully saturated rings. The molecule has 1 atom stereocenters. The molecule has 0 aliphatic heterocycles. The van der Waals surface area contributed by atoms with Crippen LogP contribution in [0.15, 0.2) is 17.9 Å². The highest BCUT2D eigenvalue weighted by atomic mass is 32.1. The van der Waals surface area contributed by atoms with Crippen LogP contribution in [-0.2, 0) is 6.42 Å². The Morgan fingerprint density at radius 3 is 2.67 bits per heavy atom. The van der Waals surface area contributed by atoms with Crippen LogP contribution in [0.3, 0.4) is 0 Å². The predicted molar refractivity (Wildman–Crippen MR) is 84.7 cm³/mol. The molecule has 0 saturated carbocycles. The lowest BCUT2D eigenvalue weighted by atomic mass is 10.1. The molecule has 0 spiro atoms. The van der Waals surface area contributed by atoms with Crippen molar-refractivity contribution in [2.45, 2.75) is 46.1 Å². The minimum atomic E-state index is 0.174. The van der Waals surface area contributed by atoms with Crippen LogP contribution in [0.5, 0.6) is 0 Å². The van der Waals surface area contributed by atoms with Crippen molar-refractivity contribution in [3.05, 3.63) is 35.0 Å². The van der Waals surface area contributed by atoms with E-state index in [2.05, 4.69) is 52.0 Å². The van der Waals surface area contributed by atoms with Gasteiger partial charge in [-0.25, -0.2) is 19.3 Å². The van der Waals surface area contributed by atoms with Crippen molar-refractivity contribution in [3.8, 4) is 0 Å². The first kappa shape index (κ1) is 14.1. The third kappa shape index (κ3) is 2.44. The molecule has 0 radical (unpaired) electrons. The fourth-order valence-electron chi connectivity index (χ4n) is 2.41. The highest BCUT2D eigenvalue weighted by molar-refractivity contribution is 7.03. The second-order valence-corrected chi connectivity index (χ2v) is 6.15. The molecule has 6 heteroatoms. The molecule has 0 amide bonds. The van der Waals surface area contributed by atoms with Gasteiger partial charge in [-0.2, -0.15) is 0 Å². The predicted octanol–water partition coefficient (Wildman–Crippen LogP) is 3.58. The largest absolute Gasteiger partial charge is 0.308 e. The lowest BCUT2D eigenvalue weighted by Gasteiger charge is -2.13. The first-order valence-corrected chi connectivity index (χ1v) is 8.08. The SMILES string of the molecule is CCc1nc(C(C)C)c2ncn(C(C)c3cnsc3)c2n1. The van der Waals surface area contributed by atoms with Gasteiger partial charge in [-0.05, 0) is 24.4 Å². The fraction of sp³-hybridized carbons (Fsp3) is 0.467. The van der Waals surface area contributed by atoms with Gasteiger partial charge in [0.1, 0.15) is 11.3 Å². The van der Waals surface area contributed by atoms with Crippen molar-refractivity contribution in [1.82, 2.24) is 23.9 Å². The van der Waals surface area contributed by atoms with Crippen molar-refractivity contribution in [3.63, 3.8) is 0 Å². The van der Waals surface area contributed by atoms with Crippen molar-refractivity contribution < 1.29 is 0 Å². The summed E-state index contributed by atoms with van der Waals surface area (Å²) in [6.07, 6.45) is 4.61. The summed E-state index contributed by atoms with van der Waals surface area (Å²) in [5.41, 5.74) is 4.05. The summed E-state index contributed by atoms with van der Waals surface area (Å²) in [5, 5.41) is 2.07. The van der Waals surface area contributed by atoms with E-state index in [0.717, 1.165) is 29.1 Å². The Labute approximate surface area is 128 Å². The number of fused-ring (bicyclic) bond motifs is 1. The van der Waals surface area contributed by atoms with E-state index in [1.165, 1.54) is 17.1 Å². The molecule has 3 aromatic rings. The van der Waals surface area contributed by atoms with Crippen molar-refractivity contribution in [2.75, 3.05) is 0 Å². The van der Waals surface area contributed by atoms with Gasteiger partial charge >= 0.3 is 0 Å². The van der Waals surface area contributed by atoms with Gasteiger partial charge in [0, 0.05) is 23.6 Å². The molecule has 3 aromatic heterocycles. The molecule has 0 aliphatic rings. The van der Waals surface area contributed by atoms with Gasteiger partial charge < -0.3 is 4.57 Å². The van der Waals surface area contributed by atoms with Crippen molar-refractivity contribution >= 4 is 22.7 Å². The molecule has 0 bridgehead atoms. The van der Waals surface area contributed by atoms with Crippen molar-refractivity contribution in [1.29, 1.82) is 0 Å². The quantitative estimate of drug-likeness (QED) is 0.739. The summed E-state index contributed by atoms with van der Waals surface area (Å²) in [6.45, 7) is 8.52. The average molecular weight is 301 g/mol. The Morgan fingerprint density at radius 1 is 1.24 bits per heavy atom. The van der Waals surface area contributed by atoms with E-state index in [4.69, 9.17) is 4.98 Å². The maximum absolute atomic E-state index is 4.70. The first-order valence-electron chi connectivity index (χ1n) is 7.24. The number of aromatic nitrogens is 5. The van der Waals surface area contributed by atoms with Gasteiger partial charge in [-0.15, -0.1) is 0 Å². The molecule has 1 unspecified atom stereocenters. The molecule has 3 heterocycles. The second-order valence-electron chi connectivity index (χ2n) is 5.49. The lowest BCUT2D eigenvalue weighted by Crippen LogP contribution is -2.08. The summed E-state index contributed by atoms with van der Waals surface area (Å²) < 4.78 is 6.30. The Balaban J connectivity index is 2.19. The van der Waals surface area contributed by atoms with E-state index in [9.17, 15) is 0 Å². The minimum absolute atomic E-state index is 0.174. The molecule has 5 nitrogen and oxygen atoms in total. The van der Waals surface area contributed by atoms with Crippen LogP contribution >= 0.6 is 11.5 Å². The van der Waals surface area contributed by atoms with E-state index in [-0.39, 0.29) is 6.04 Å². The van der Waals surface area contributed by atoms with Crippen LogP contribution in [0.25, 0.3) is 11.2 Å². The van der Waals surface area contributed by atoms with Crippen LogP contribution < -0.4 is 0 Å². The normalized spacial score (nSPS) is 13.2. The number of nitrogens with zero attached hydrogens (tertiary/aromatic N) is 5. The summed E-state index contributed by atoms with van der Waals surface area (Å²) in [6, 6.07) is 0.174. The van der Waals surface area contributed by atoms with E-state index >= 15 is 0 Å². The van der Waals surface area contributed by atoms with Gasteiger partial charge in [-0.1, -0.05) is 20.8 Å². The van der Waals surface area contributed by atoms with Crippen LogP contribution in [0.1, 0.15) is 56.7 Å². The smallest absolute Gasteiger partial charge is 0.164 e. The van der Waals surface area contributed by atoms with Crippen LogP contribution in [0, 0.1) is 0 Å². The second kappa shape index (κ2) is 5.52. The molecule has 0 saturated heterocycles. The maximum Gasteiger partial charge on any atom is 0.164 e. The number of rotatable bonds is 4. The van der Waals surface area contributed by atoms with Crippen LogP contribution in [0.4, 0.5) is 0 Å². The van der Waals surface area contributed by atoms with Gasteiger partial charge in [0.25, 0.3) is 0 Å². The van der Waals surface area contributed by atoms with Gasteiger partial charge in [-0.3, -0.25) is 0 Å². The Bertz CT molecular complexity index is 745. The summed E-state index contributed by atoms with van der Waals surface area (Å²) in [7, 11) is 0. The van der Waals surface area contributed by atoms with Gasteiger partial charge in [0.05, 0.1) is 18.1 Å². The molecule has 21 heavy (non-hydrogen) atoms. The summed E-state index contributed by atoms with van der Waals surface area (Å²) in [4.78, 5) is 13.9. The molecule has 110 valence electrons. The van der Waals surface area contributed by atoms with Gasteiger partial charge in [0.2, 0.25) is 0 Å². The molecule has 0 aromatic carbocycles. The number of hydrogen-bond acceptors (Lipinski definition) is 5. The molecular weight excluding hydrogens is 282 g/mol. The van der Waals surface area contributed by atoms with E-state index in [1.807, 2.05) is 12.5 Å². The molecule has 0 N–H and O–H groups in total. The topological polar surface area (TPSA) is 56.5 Å². The zero-order valence-corrected chi connectivity index (χ0v) is 13.6. The van der Waals surface area contributed by atoms with Crippen LogP contribution in [-0.4, -0.2) is 23.9 Å². The highest BCUT2D eigenvalue weighted by Crippen LogP contribution is 2.26. The van der Waals surface area contributed by atoms with E-state index < -0.39 is 0 Å². The maximum atomic E-state index is 4.70. The number of aryl methyl sites for hydroxylation is 1. The Kier molecular flexibility index (Phi) is 3.71. The minimum Gasteiger partial charge on any atom is -0.308 e.